The number of para-hydroxylation sites is 1. The number of rotatable bonds is 1. The standard InChI is InChI=1S/C8H5F3N2O/c9-8(10,11)7(12-13-7)5-3-1-2-4-6(5)14/h1-4,14H. The Morgan fingerprint density at radius 1 is 1.14 bits per heavy atom. The molecule has 1 N–H and O–H groups in total. The molecule has 0 fully saturated rings. The molecule has 0 aliphatic carbocycles. The summed E-state index contributed by atoms with van der Waals surface area (Å²) in [7, 11) is 0. The van der Waals surface area contributed by atoms with Crippen LogP contribution in [-0.2, 0) is 5.66 Å². The predicted molar refractivity (Wildman–Crippen MR) is 40.7 cm³/mol. The highest BCUT2D eigenvalue weighted by atomic mass is 19.4. The zero-order valence-electron chi connectivity index (χ0n) is 6.78. The van der Waals surface area contributed by atoms with Crippen LogP contribution >= 0.6 is 0 Å². The third kappa shape index (κ3) is 1.07. The molecule has 1 aromatic rings. The van der Waals surface area contributed by atoms with Gasteiger partial charge < -0.3 is 5.11 Å². The van der Waals surface area contributed by atoms with Crippen LogP contribution in [0.3, 0.4) is 0 Å². The second-order valence-electron chi connectivity index (χ2n) is 2.89. The fourth-order valence-corrected chi connectivity index (χ4v) is 1.19. The van der Waals surface area contributed by atoms with Gasteiger partial charge in [-0.25, -0.2) is 0 Å². The van der Waals surface area contributed by atoms with Crippen molar-refractivity contribution in [2.45, 2.75) is 11.8 Å². The average Bonchev–Trinajstić information content (AvgIpc) is 2.84. The SMILES string of the molecule is Oc1ccccc1C1(C(F)(F)F)N=N1. The van der Waals surface area contributed by atoms with Crippen molar-refractivity contribution < 1.29 is 18.3 Å². The van der Waals surface area contributed by atoms with Gasteiger partial charge in [-0.05, 0) is 6.07 Å². The number of phenols is 1. The smallest absolute Gasteiger partial charge is 0.442 e. The molecule has 3 nitrogen and oxygen atoms in total. The molecule has 0 aromatic heterocycles. The molecule has 14 heavy (non-hydrogen) atoms. The summed E-state index contributed by atoms with van der Waals surface area (Å²) in [4.78, 5) is 0. The van der Waals surface area contributed by atoms with Crippen LogP contribution in [0.25, 0.3) is 0 Å². The van der Waals surface area contributed by atoms with Crippen LogP contribution in [0.15, 0.2) is 34.5 Å². The molecule has 1 aliphatic heterocycles. The maximum atomic E-state index is 12.5. The van der Waals surface area contributed by atoms with E-state index in [1.807, 2.05) is 0 Å². The van der Waals surface area contributed by atoms with E-state index in [0.29, 0.717) is 0 Å². The van der Waals surface area contributed by atoms with E-state index in [1.54, 1.807) is 0 Å². The molecule has 0 atom stereocenters. The van der Waals surface area contributed by atoms with Gasteiger partial charge in [-0.2, -0.15) is 13.2 Å². The quantitative estimate of drug-likeness (QED) is 0.747. The van der Waals surface area contributed by atoms with Gasteiger partial charge in [-0.15, -0.1) is 10.2 Å². The number of benzene rings is 1. The van der Waals surface area contributed by atoms with E-state index in [0.717, 1.165) is 6.07 Å². The van der Waals surface area contributed by atoms with Gasteiger partial charge in [0.15, 0.2) is 0 Å². The Balaban J connectivity index is 2.46. The normalized spacial score (nSPS) is 18.2. The minimum Gasteiger partial charge on any atom is -0.507 e. The maximum absolute atomic E-state index is 12.5. The lowest BCUT2D eigenvalue weighted by Gasteiger charge is -2.15. The first-order chi connectivity index (χ1) is 6.47. The molecule has 1 aromatic carbocycles. The molecule has 0 saturated carbocycles. The molecule has 0 unspecified atom stereocenters. The third-order valence-electron chi connectivity index (χ3n) is 1.97. The van der Waals surface area contributed by atoms with Gasteiger partial charge in [0.25, 0.3) is 0 Å². The molecular formula is C8H5F3N2O. The summed E-state index contributed by atoms with van der Waals surface area (Å²) in [6, 6.07) is 5.16. The lowest BCUT2D eigenvalue weighted by atomic mass is 10.0. The van der Waals surface area contributed by atoms with Gasteiger partial charge in [0.05, 0.1) is 5.56 Å². The van der Waals surface area contributed by atoms with Crippen LogP contribution in [0.4, 0.5) is 13.2 Å². The monoisotopic (exact) mass is 202 g/mol. The molecule has 0 spiro atoms. The first kappa shape index (κ1) is 8.98. The van der Waals surface area contributed by atoms with Gasteiger partial charge >= 0.3 is 11.8 Å². The summed E-state index contributed by atoms with van der Waals surface area (Å²) >= 11 is 0. The molecule has 1 heterocycles. The molecule has 0 bridgehead atoms. The van der Waals surface area contributed by atoms with Crippen LogP contribution < -0.4 is 0 Å². The summed E-state index contributed by atoms with van der Waals surface area (Å²) in [5, 5.41) is 15.2. The molecule has 2 rings (SSSR count). The number of halogens is 3. The molecule has 6 heteroatoms. The topological polar surface area (TPSA) is 45.0 Å². The van der Waals surface area contributed by atoms with Crippen LogP contribution in [0, 0.1) is 0 Å². The van der Waals surface area contributed by atoms with Crippen molar-refractivity contribution in [3.63, 3.8) is 0 Å². The van der Waals surface area contributed by atoms with Crippen molar-refractivity contribution >= 4 is 0 Å². The number of phenolic OH excluding ortho intramolecular Hbond substituents is 1. The van der Waals surface area contributed by atoms with Gasteiger partial charge in [0.2, 0.25) is 0 Å². The Morgan fingerprint density at radius 2 is 1.71 bits per heavy atom. The third-order valence-corrected chi connectivity index (χ3v) is 1.97. The maximum Gasteiger partial charge on any atom is 0.442 e. The Labute approximate surface area is 76.9 Å². The number of aromatic hydroxyl groups is 1. The highest BCUT2D eigenvalue weighted by molar-refractivity contribution is 5.41. The van der Waals surface area contributed by atoms with Crippen LogP contribution in [-0.4, -0.2) is 11.3 Å². The molecular weight excluding hydrogens is 197 g/mol. The van der Waals surface area contributed by atoms with Gasteiger partial charge in [-0.3, -0.25) is 0 Å². The number of hydrogen-bond acceptors (Lipinski definition) is 3. The lowest BCUT2D eigenvalue weighted by molar-refractivity contribution is -0.166. The van der Waals surface area contributed by atoms with Gasteiger partial charge in [0.1, 0.15) is 5.75 Å². The molecule has 0 saturated heterocycles. The van der Waals surface area contributed by atoms with Gasteiger partial charge in [0, 0.05) is 0 Å². The average molecular weight is 202 g/mol. The molecule has 0 radical (unpaired) electrons. The van der Waals surface area contributed by atoms with Crippen molar-refractivity contribution in [2.24, 2.45) is 10.2 Å². The minimum atomic E-state index is -4.59. The summed E-state index contributed by atoms with van der Waals surface area (Å²) in [5.41, 5.74) is -2.86. The first-order valence-electron chi connectivity index (χ1n) is 3.77. The van der Waals surface area contributed by atoms with E-state index in [-0.39, 0.29) is 5.56 Å². The van der Waals surface area contributed by atoms with E-state index in [2.05, 4.69) is 10.2 Å². The zero-order chi connectivity index (χ0) is 10.4. The number of nitrogens with zero attached hydrogens (tertiary/aromatic N) is 2. The van der Waals surface area contributed by atoms with Crippen LogP contribution in [0.5, 0.6) is 5.75 Å². The lowest BCUT2D eigenvalue weighted by Crippen LogP contribution is -2.30. The second-order valence-corrected chi connectivity index (χ2v) is 2.89. The summed E-state index contributed by atoms with van der Waals surface area (Å²) in [5.74, 6) is -0.449. The van der Waals surface area contributed by atoms with Crippen molar-refractivity contribution in [3.8, 4) is 5.75 Å². The van der Waals surface area contributed by atoms with Crippen LogP contribution in [0.2, 0.25) is 0 Å². The van der Waals surface area contributed by atoms with E-state index in [9.17, 15) is 18.3 Å². The van der Waals surface area contributed by atoms with Crippen molar-refractivity contribution in [2.75, 3.05) is 0 Å². The summed E-state index contributed by atoms with van der Waals surface area (Å²) in [6.07, 6.45) is -4.59. The highest BCUT2D eigenvalue weighted by Crippen LogP contribution is 2.54. The van der Waals surface area contributed by atoms with Crippen molar-refractivity contribution in [1.82, 2.24) is 0 Å². The van der Waals surface area contributed by atoms with E-state index < -0.39 is 17.6 Å². The Hall–Kier alpha value is -1.59. The zero-order valence-corrected chi connectivity index (χ0v) is 6.78. The van der Waals surface area contributed by atoms with Crippen molar-refractivity contribution in [3.05, 3.63) is 29.8 Å². The Morgan fingerprint density at radius 3 is 2.14 bits per heavy atom. The summed E-state index contributed by atoms with van der Waals surface area (Å²) < 4.78 is 37.4. The first-order valence-corrected chi connectivity index (χ1v) is 3.77. The fraction of sp³-hybridized carbons (Fsp3) is 0.250. The number of alkyl halides is 3. The van der Waals surface area contributed by atoms with Crippen molar-refractivity contribution in [1.29, 1.82) is 0 Å². The second kappa shape index (κ2) is 2.46. The Bertz CT molecular complexity index is 394. The minimum absolute atomic E-state index is 0.326. The summed E-state index contributed by atoms with van der Waals surface area (Å²) in [6.45, 7) is 0. The predicted octanol–water partition coefficient (Wildman–Crippen LogP) is 2.57. The molecule has 1 aliphatic rings. The molecule has 74 valence electrons. The van der Waals surface area contributed by atoms with E-state index >= 15 is 0 Å². The number of hydrogen-bond donors (Lipinski definition) is 1. The van der Waals surface area contributed by atoms with E-state index in [1.165, 1.54) is 18.2 Å². The van der Waals surface area contributed by atoms with Gasteiger partial charge in [-0.1, -0.05) is 18.2 Å². The van der Waals surface area contributed by atoms with Crippen LogP contribution in [0.1, 0.15) is 5.56 Å². The molecule has 0 amide bonds. The Kier molecular flexibility index (Phi) is 1.58. The fourth-order valence-electron chi connectivity index (χ4n) is 1.19. The van der Waals surface area contributed by atoms with E-state index in [4.69, 9.17) is 0 Å². The largest absolute Gasteiger partial charge is 0.507 e. The highest BCUT2D eigenvalue weighted by Gasteiger charge is 2.66.